The number of aliphatic carboxylic acids is 1. The highest BCUT2D eigenvalue weighted by atomic mass is 28.2. The van der Waals surface area contributed by atoms with Gasteiger partial charge >= 0.3 is 5.97 Å². The highest BCUT2D eigenvalue weighted by molar-refractivity contribution is 6.36. The van der Waals surface area contributed by atoms with Crippen LogP contribution in [0.1, 0.15) is 26.7 Å². The maximum Gasteiger partial charge on any atom is 0.303 e. The van der Waals surface area contributed by atoms with Gasteiger partial charge in [-0.25, -0.2) is 0 Å². The highest BCUT2D eigenvalue weighted by Crippen LogP contribution is 2.01. The van der Waals surface area contributed by atoms with E-state index in [0.29, 0.717) is 29.2 Å². The van der Waals surface area contributed by atoms with Gasteiger partial charge in [-0.2, -0.15) is 0 Å². The molecule has 5 heteroatoms. The topological polar surface area (TPSA) is 55.8 Å². The predicted molar refractivity (Wildman–Crippen MR) is 54.5 cm³/mol. The predicted octanol–water partition coefficient (Wildman–Crippen LogP) is 1.33. The summed E-state index contributed by atoms with van der Waals surface area (Å²) in [6.07, 6.45) is 0.933. The second-order valence-corrected chi connectivity index (χ2v) is 4.07. The zero-order chi connectivity index (χ0) is 10.8. The zero-order valence-corrected chi connectivity index (χ0v) is 9.78. The van der Waals surface area contributed by atoms with Gasteiger partial charge in [0.15, 0.2) is 0 Å². The fourth-order valence-corrected chi connectivity index (χ4v) is 2.11. The molecule has 82 valence electrons. The van der Waals surface area contributed by atoms with Crippen molar-refractivity contribution in [2.75, 3.05) is 13.2 Å². The first-order valence-corrected chi connectivity index (χ1v) is 6.17. The first kappa shape index (κ1) is 13.6. The van der Waals surface area contributed by atoms with E-state index in [2.05, 4.69) is 0 Å². The van der Waals surface area contributed by atoms with Gasteiger partial charge in [-0.3, -0.25) is 4.79 Å². The lowest BCUT2D eigenvalue weighted by Gasteiger charge is -2.15. The third kappa shape index (κ3) is 8.22. The molecular weight excluding hydrogens is 200 g/mol. The van der Waals surface area contributed by atoms with Crippen LogP contribution in [-0.2, 0) is 14.3 Å². The van der Waals surface area contributed by atoms with Gasteiger partial charge in [0.1, 0.15) is 15.4 Å². The van der Waals surface area contributed by atoms with Gasteiger partial charge in [0, 0.05) is 19.6 Å². The standard InChI is InChI=1S/C9H18O4Si/c1-3-12-9(13-4-2)14-7-5-6-8(10)11/h9H,3-7H2,1-2H3,(H,10,11). The van der Waals surface area contributed by atoms with Gasteiger partial charge in [-0.15, -0.1) is 0 Å². The first-order valence-electron chi connectivity index (χ1n) is 4.89. The molecular formula is C9H18O4Si. The number of carboxylic acid groups (broad SMARTS) is 1. The normalized spacial score (nSPS) is 10.8. The molecule has 0 fully saturated rings. The van der Waals surface area contributed by atoms with Crippen molar-refractivity contribution in [3.63, 3.8) is 0 Å². The van der Waals surface area contributed by atoms with Gasteiger partial charge in [-0.05, 0) is 20.3 Å². The molecule has 0 unspecified atom stereocenters. The maximum atomic E-state index is 10.2. The Bertz CT molecular complexity index is 146. The lowest BCUT2D eigenvalue weighted by atomic mass is 10.3. The Morgan fingerprint density at radius 2 is 1.93 bits per heavy atom. The van der Waals surface area contributed by atoms with E-state index >= 15 is 0 Å². The van der Waals surface area contributed by atoms with E-state index in [9.17, 15) is 4.79 Å². The van der Waals surface area contributed by atoms with Crippen molar-refractivity contribution < 1.29 is 19.4 Å². The minimum atomic E-state index is -0.737. The average molecular weight is 218 g/mol. The van der Waals surface area contributed by atoms with Crippen molar-refractivity contribution in [1.29, 1.82) is 0 Å². The van der Waals surface area contributed by atoms with E-state index in [1.54, 1.807) is 0 Å². The molecule has 0 atom stereocenters. The summed E-state index contributed by atoms with van der Waals surface area (Å²) < 4.78 is 10.7. The van der Waals surface area contributed by atoms with Crippen LogP contribution in [0.2, 0.25) is 6.04 Å². The Balaban J connectivity index is 3.44. The third-order valence-electron chi connectivity index (χ3n) is 1.51. The lowest BCUT2D eigenvalue weighted by molar-refractivity contribution is -0.137. The van der Waals surface area contributed by atoms with Crippen LogP contribution in [-0.4, -0.2) is 39.7 Å². The summed E-state index contributed by atoms with van der Waals surface area (Å²) in [5, 5.41) is 8.43. The largest absolute Gasteiger partial charge is 0.481 e. The fourth-order valence-electron chi connectivity index (χ4n) is 0.928. The molecule has 1 N–H and O–H groups in total. The number of rotatable bonds is 9. The molecule has 14 heavy (non-hydrogen) atoms. The molecule has 0 amide bonds. The second-order valence-electron chi connectivity index (χ2n) is 2.69. The molecule has 0 spiro atoms. The van der Waals surface area contributed by atoms with Crippen LogP contribution in [0, 0.1) is 0 Å². The summed E-state index contributed by atoms with van der Waals surface area (Å²) in [4.78, 5) is 10.2. The molecule has 0 saturated heterocycles. The number of carbonyl (C=O) groups is 1. The smallest absolute Gasteiger partial charge is 0.303 e. The number of hydrogen-bond donors (Lipinski definition) is 1. The number of carboxylic acids is 1. The van der Waals surface area contributed by atoms with Crippen molar-refractivity contribution in [2.24, 2.45) is 0 Å². The van der Waals surface area contributed by atoms with Gasteiger partial charge < -0.3 is 14.6 Å². The molecule has 0 bridgehead atoms. The molecule has 4 nitrogen and oxygen atoms in total. The second kappa shape index (κ2) is 9.17. The van der Waals surface area contributed by atoms with Crippen molar-refractivity contribution in [3.8, 4) is 0 Å². The van der Waals surface area contributed by atoms with Crippen molar-refractivity contribution in [1.82, 2.24) is 0 Å². The van der Waals surface area contributed by atoms with Crippen LogP contribution in [0.25, 0.3) is 0 Å². The fraction of sp³-hybridized carbons (Fsp3) is 0.889. The van der Waals surface area contributed by atoms with E-state index in [1.165, 1.54) is 0 Å². The van der Waals surface area contributed by atoms with E-state index in [4.69, 9.17) is 14.6 Å². The summed E-state index contributed by atoms with van der Waals surface area (Å²) in [6.45, 7) is 5.12. The summed E-state index contributed by atoms with van der Waals surface area (Å²) in [5.74, 6) is -0.877. The molecule has 0 aromatic carbocycles. The van der Waals surface area contributed by atoms with E-state index in [1.807, 2.05) is 13.8 Å². The van der Waals surface area contributed by atoms with Gasteiger partial charge in [-0.1, -0.05) is 6.04 Å². The monoisotopic (exact) mass is 218 g/mol. The van der Waals surface area contributed by atoms with Crippen LogP contribution in [0.3, 0.4) is 0 Å². The van der Waals surface area contributed by atoms with Crippen molar-refractivity contribution >= 4 is 15.5 Å². The van der Waals surface area contributed by atoms with Gasteiger partial charge in [0.25, 0.3) is 0 Å². The van der Waals surface area contributed by atoms with E-state index < -0.39 is 5.97 Å². The van der Waals surface area contributed by atoms with Crippen LogP contribution in [0.5, 0.6) is 0 Å². The SMILES string of the molecule is CCOC(OCC)[Si]CCCC(=O)O. The van der Waals surface area contributed by atoms with Gasteiger partial charge in [0.2, 0.25) is 0 Å². The Morgan fingerprint density at radius 1 is 1.36 bits per heavy atom. The van der Waals surface area contributed by atoms with E-state index in [-0.39, 0.29) is 12.3 Å². The summed E-state index contributed by atoms with van der Waals surface area (Å²) in [6, 6.07) is 0.858. The molecule has 0 rings (SSSR count). The highest BCUT2D eigenvalue weighted by Gasteiger charge is 2.08. The Kier molecular flexibility index (Phi) is 8.92. The first-order chi connectivity index (χ1) is 6.70. The van der Waals surface area contributed by atoms with Crippen molar-refractivity contribution in [2.45, 2.75) is 38.6 Å². The molecule has 2 radical (unpaired) electrons. The Morgan fingerprint density at radius 3 is 2.36 bits per heavy atom. The zero-order valence-electron chi connectivity index (χ0n) is 8.78. The van der Waals surface area contributed by atoms with Crippen LogP contribution in [0.15, 0.2) is 0 Å². The Labute approximate surface area is 87.4 Å². The Hall–Kier alpha value is -0.393. The van der Waals surface area contributed by atoms with Crippen LogP contribution >= 0.6 is 0 Å². The number of hydrogen-bond acceptors (Lipinski definition) is 3. The molecule has 0 aromatic rings. The maximum absolute atomic E-state index is 10.2. The minimum Gasteiger partial charge on any atom is -0.481 e. The average Bonchev–Trinajstić information content (AvgIpc) is 2.12. The van der Waals surface area contributed by atoms with Crippen LogP contribution < -0.4 is 0 Å². The molecule has 0 aliphatic heterocycles. The molecule has 0 aromatic heterocycles. The molecule has 0 heterocycles. The third-order valence-corrected chi connectivity index (χ3v) is 2.82. The van der Waals surface area contributed by atoms with Crippen LogP contribution in [0.4, 0.5) is 0 Å². The van der Waals surface area contributed by atoms with Crippen molar-refractivity contribution in [3.05, 3.63) is 0 Å². The van der Waals surface area contributed by atoms with E-state index in [0.717, 1.165) is 6.04 Å². The lowest BCUT2D eigenvalue weighted by Crippen LogP contribution is -2.24. The molecule has 0 saturated carbocycles. The quantitative estimate of drug-likeness (QED) is 0.360. The summed E-state index contributed by atoms with van der Waals surface area (Å²) in [5.41, 5.74) is 0. The molecule has 0 aliphatic rings. The number of ether oxygens (including phenoxy) is 2. The molecule has 0 aliphatic carbocycles. The summed E-state index contributed by atoms with van der Waals surface area (Å²) in [7, 11) is 0.529. The summed E-state index contributed by atoms with van der Waals surface area (Å²) >= 11 is 0. The minimum absolute atomic E-state index is 0.140. The van der Waals surface area contributed by atoms with Gasteiger partial charge in [0.05, 0.1) is 0 Å².